The third kappa shape index (κ3) is 2.84. The molecule has 2 rings (SSSR count). The summed E-state index contributed by atoms with van der Waals surface area (Å²) in [5.74, 6) is -1.12. The Labute approximate surface area is 118 Å². The van der Waals surface area contributed by atoms with Crippen LogP contribution in [0.3, 0.4) is 0 Å². The number of carbonyl (C=O) groups is 1. The van der Waals surface area contributed by atoms with E-state index in [1.165, 1.54) is 24.3 Å². The summed E-state index contributed by atoms with van der Waals surface area (Å²) in [5, 5.41) is 19.9. The molecule has 0 aliphatic rings. The lowest BCUT2D eigenvalue weighted by molar-refractivity contribution is -0.385. The molecule has 0 atom stereocenters. The minimum atomic E-state index is -0.790. The fraction of sp³-hybridized carbons (Fsp3) is 0. The van der Waals surface area contributed by atoms with Crippen LogP contribution in [0.15, 0.2) is 36.4 Å². The van der Waals surface area contributed by atoms with Gasteiger partial charge in [0.05, 0.1) is 4.92 Å². The topological polar surface area (TPSA) is 93.2 Å². The van der Waals surface area contributed by atoms with E-state index >= 15 is 0 Å². The number of carbonyl (C=O) groups excluding carboxylic acids is 1. The van der Waals surface area contributed by atoms with Crippen LogP contribution in [-0.4, -0.2) is 11.2 Å². The van der Waals surface area contributed by atoms with E-state index < -0.39 is 16.4 Å². The van der Waals surface area contributed by atoms with E-state index in [1.807, 2.05) is 0 Å². The normalized spacial score (nSPS) is 9.71. The van der Waals surface area contributed by atoms with Crippen molar-refractivity contribution in [2.75, 3.05) is 0 Å². The first kappa shape index (κ1) is 14.1. The first-order valence-corrected chi connectivity index (χ1v) is 5.67. The molecule has 21 heavy (non-hydrogen) atoms. The van der Waals surface area contributed by atoms with Crippen LogP contribution in [0.5, 0.6) is 11.5 Å². The van der Waals surface area contributed by atoms with Gasteiger partial charge in [-0.15, -0.1) is 0 Å². The molecule has 2 aromatic rings. The summed E-state index contributed by atoms with van der Waals surface area (Å²) < 4.78 is 18.7. The zero-order chi connectivity index (χ0) is 15.4. The standard InChI is InChI=1S/C14H7FN2O4/c15-11-2-1-3-13(10(11)7-16)21-14-5-4-9(8-18)6-12(14)17(19)20/h1-6,8H. The molecule has 0 unspecified atom stereocenters. The summed E-state index contributed by atoms with van der Waals surface area (Å²) in [6.45, 7) is 0. The van der Waals surface area contributed by atoms with Gasteiger partial charge in [-0.2, -0.15) is 5.26 Å². The first-order valence-electron chi connectivity index (χ1n) is 5.67. The molecule has 0 heterocycles. The molecule has 0 aromatic heterocycles. The lowest BCUT2D eigenvalue weighted by Crippen LogP contribution is -1.97. The van der Waals surface area contributed by atoms with Gasteiger partial charge in [-0.1, -0.05) is 6.07 Å². The summed E-state index contributed by atoms with van der Waals surface area (Å²) in [7, 11) is 0. The van der Waals surface area contributed by atoms with E-state index in [4.69, 9.17) is 10.00 Å². The molecule has 0 aliphatic carbocycles. The zero-order valence-corrected chi connectivity index (χ0v) is 10.4. The lowest BCUT2D eigenvalue weighted by atomic mass is 10.2. The maximum atomic E-state index is 13.4. The smallest absolute Gasteiger partial charge is 0.312 e. The third-order valence-electron chi connectivity index (χ3n) is 2.62. The maximum Gasteiger partial charge on any atom is 0.312 e. The number of nitriles is 1. The van der Waals surface area contributed by atoms with Gasteiger partial charge < -0.3 is 4.74 Å². The number of rotatable bonds is 4. The number of ether oxygens (including phenoxy) is 1. The monoisotopic (exact) mass is 286 g/mol. The Balaban J connectivity index is 2.50. The molecule has 0 saturated heterocycles. The average Bonchev–Trinajstić information content (AvgIpc) is 2.47. The fourth-order valence-corrected chi connectivity index (χ4v) is 1.65. The van der Waals surface area contributed by atoms with Crippen LogP contribution >= 0.6 is 0 Å². The van der Waals surface area contributed by atoms with E-state index in [0.29, 0.717) is 6.29 Å². The van der Waals surface area contributed by atoms with Crippen molar-refractivity contribution in [3.63, 3.8) is 0 Å². The number of nitro groups is 1. The van der Waals surface area contributed by atoms with Crippen LogP contribution in [0.1, 0.15) is 15.9 Å². The molecular formula is C14H7FN2O4. The maximum absolute atomic E-state index is 13.4. The van der Waals surface area contributed by atoms with E-state index in [1.54, 1.807) is 6.07 Å². The van der Waals surface area contributed by atoms with Crippen molar-refractivity contribution in [1.82, 2.24) is 0 Å². The van der Waals surface area contributed by atoms with Gasteiger partial charge in [0.1, 0.15) is 29.5 Å². The molecule has 0 saturated carbocycles. The molecule has 2 aromatic carbocycles. The summed E-state index contributed by atoms with van der Waals surface area (Å²) >= 11 is 0. The van der Waals surface area contributed by atoms with Crippen LogP contribution in [-0.2, 0) is 0 Å². The highest BCUT2D eigenvalue weighted by Gasteiger charge is 2.19. The number of aldehydes is 1. The van der Waals surface area contributed by atoms with Gasteiger partial charge in [0.2, 0.25) is 5.75 Å². The predicted molar refractivity (Wildman–Crippen MR) is 69.7 cm³/mol. The molecule has 0 aliphatic heterocycles. The number of nitro benzene ring substituents is 1. The van der Waals surface area contributed by atoms with Gasteiger partial charge >= 0.3 is 5.69 Å². The summed E-state index contributed by atoms with van der Waals surface area (Å²) in [4.78, 5) is 20.9. The SMILES string of the molecule is N#Cc1c(F)cccc1Oc1ccc(C=O)cc1[N+](=O)[O-]. The highest BCUT2D eigenvalue weighted by molar-refractivity contribution is 5.77. The number of benzene rings is 2. The summed E-state index contributed by atoms with van der Waals surface area (Å²) in [6.07, 6.45) is 0.458. The molecule has 0 radical (unpaired) electrons. The second-order valence-corrected chi connectivity index (χ2v) is 3.93. The van der Waals surface area contributed by atoms with Crippen molar-refractivity contribution in [1.29, 1.82) is 5.26 Å². The van der Waals surface area contributed by atoms with Crippen LogP contribution < -0.4 is 4.74 Å². The van der Waals surface area contributed by atoms with E-state index in [9.17, 15) is 19.3 Å². The van der Waals surface area contributed by atoms with Crippen molar-refractivity contribution in [2.24, 2.45) is 0 Å². The summed E-state index contributed by atoms with van der Waals surface area (Å²) in [5.41, 5.74) is -0.701. The minimum Gasteiger partial charge on any atom is -0.449 e. The fourth-order valence-electron chi connectivity index (χ4n) is 1.65. The van der Waals surface area contributed by atoms with E-state index in [-0.39, 0.29) is 22.6 Å². The van der Waals surface area contributed by atoms with Gasteiger partial charge in [0.25, 0.3) is 0 Å². The number of nitrogens with zero attached hydrogens (tertiary/aromatic N) is 2. The molecule has 0 bridgehead atoms. The molecule has 6 nitrogen and oxygen atoms in total. The van der Waals surface area contributed by atoms with Crippen molar-refractivity contribution in [2.45, 2.75) is 0 Å². The molecule has 0 N–H and O–H groups in total. The number of hydrogen-bond acceptors (Lipinski definition) is 5. The van der Waals surface area contributed by atoms with Crippen LogP contribution in [0.4, 0.5) is 10.1 Å². The van der Waals surface area contributed by atoms with Crippen molar-refractivity contribution in [3.8, 4) is 17.6 Å². The number of hydrogen-bond donors (Lipinski definition) is 0. The molecule has 0 fully saturated rings. The second kappa shape index (κ2) is 5.79. The van der Waals surface area contributed by atoms with Gasteiger partial charge in [0, 0.05) is 11.6 Å². The first-order chi connectivity index (χ1) is 10.1. The van der Waals surface area contributed by atoms with Gasteiger partial charge in [-0.25, -0.2) is 4.39 Å². The zero-order valence-electron chi connectivity index (χ0n) is 10.4. The Kier molecular flexibility index (Phi) is 3.90. The second-order valence-electron chi connectivity index (χ2n) is 3.93. The molecular weight excluding hydrogens is 279 g/mol. The minimum absolute atomic E-state index is 0.105. The highest BCUT2D eigenvalue weighted by atomic mass is 19.1. The van der Waals surface area contributed by atoms with Crippen molar-refractivity contribution in [3.05, 3.63) is 63.5 Å². The molecule has 0 spiro atoms. The van der Waals surface area contributed by atoms with Crippen molar-refractivity contribution < 1.29 is 18.8 Å². The third-order valence-corrected chi connectivity index (χ3v) is 2.62. The summed E-state index contributed by atoms with van der Waals surface area (Å²) in [6, 6.07) is 8.91. The van der Waals surface area contributed by atoms with Gasteiger partial charge in [0.15, 0.2) is 0 Å². The largest absolute Gasteiger partial charge is 0.449 e. The van der Waals surface area contributed by atoms with Crippen molar-refractivity contribution >= 4 is 12.0 Å². The van der Waals surface area contributed by atoms with Crippen LogP contribution in [0.25, 0.3) is 0 Å². The quantitative estimate of drug-likeness (QED) is 0.488. The Hall–Kier alpha value is -3.27. The Bertz CT molecular complexity index is 768. The Morgan fingerprint density at radius 1 is 1.29 bits per heavy atom. The average molecular weight is 286 g/mol. The number of halogens is 1. The molecule has 0 amide bonds. The van der Waals surface area contributed by atoms with E-state index in [2.05, 4.69) is 0 Å². The van der Waals surface area contributed by atoms with Crippen LogP contribution in [0.2, 0.25) is 0 Å². The Morgan fingerprint density at radius 3 is 2.67 bits per heavy atom. The highest BCUT2D eigenvalue weighted by Crippen LogP contribution is 2.33. The lowest BCUT2D eigenvalue weighted by Gasteiger charge is -2.08. The Morgan fingerprint density at radius 2 is 2.05 bits per heavy atom. The molecule has 7 heteroatoms. The van der Waals surface area contributed by atoms with Crippen LogP contribution in [0, 0.1) is 27.3 Å². The van der Waals surface area contributed by atoms with Gasteiger partial charge in [-0.3, -0.25) is 14.9 Å². The molecule has 104 valence electrons. The predicted octanol–water partition coefficient (Wildman–Crippen LogP) is 3.21. The van der Waals surface area contributed by atoms with E-state index in [0.717, 1.165) is 12.1 Å². The van der Waals surface area contributed by atoms with Gasteiger partial charge in [-0.05, 0) is 24.3 Å².